The molecular weight excluding hydrogens is 229 g/mol. The molecule has 1 saturated heterocycles. The van der Waals surface area contributed by atoms with Gasteiger partial charge in [-0.2, -0.15) is 0 Å². The summed E-state index contributed by atoms with van der Waals surface area (Å²) in [6.07, 6.45) is 0. The third-order valence-corrected chi connectivity index (χ3v) is 3.68. The highest BCUT2D eigenvalue weighted by Gasteiger charge is 2.15. The number of benzene rings is 1. The number of hydrogen-bond donors (Lipinski definition) is 1. The van der Waals surface area contributed by atoms with Crippen molar-refractivity contribution in [3.8, 4) is 0 Å². The van der Waals surface area contributed by atoms with Crippen LogP contribution in [0.2, 0.25) is 0 Å². The first kappa shape index (κ1) is 13.0. The monoisotopic (exact) mass is 251 g/mol. The van der Waals surface area contributed by atoms with Crippen molar-refractivity contribution in [3.05, 3.63) is 29.8 Å². The quantitative estimate of drug-likeness (QED) is 0.779. The standard InChI is InChI=1S/C13H22N3P/c14-5-6-15-7-9-16(10-8-15)11-12-1-3-13(17)4-2-12/h1-4H,5-11,14,17H2. The highest BCUT2D eigenvalue weighted by Crippen LogP contribution is 2.08. The van der Waals surface area contributed by atoms with Crippen LogP contribution in [-0.2, 0) is 6.54 Å². The second-order valence-electron chi connectivity index (χ2n) is 4.65. The highest BCUT2D eigenvalue weighted by atomic mass is 31.0. The van der Waals surface area contributed by atoms with Gasteiger partial charge in [-0.1, -0.05) is 24.3 Å². The van der Waals surface area contributed by atoms with Crippen molar-refractivity contribution in [2.75, 3.05) is 39.3 Å². The molecule has 0 radical (unpaired) electrons. The molecule has 1 aromatic rings. The van der Waals surface area contributed by atoms with E-state index in [0.717, 1.165) is 45.8 Å². The van der Waals surface area contributed by atoms with Gasteiger partial charge in [0.2, 0.25) is 0 Å². The number of rotatable bonds is 4. The van der Waals surface area contributed by atoms with Gasteiger partial charge in [0.25, 0.3) is 0 Å². The molecule has 3 nitrogen and oxygen atoms in total. The van der Waals surface area contributed by atoms with E-state index in [1.807, 2.05) is 0 Å². The number of nitrogens with zero attached hydrogens (tertiary/aromatic N) is 2. The van der Waals surface area contributed by atoms with Crippen molar-refractivity contribution in [3.63, 3.8) is 0 Å². The van der Waals surface area contributed by atoms with Crippen LogP contribution >= 0.6 is 9.24 Å². The van der Waals surface area contributed by atoms with Gasteiger partial charge in [-0.25, -0.2) is 0 Å². The highest BCUT2D eigenvalue weighted by molar-refractivity contribution is 7.27. The van der Waals surface area contributed by atoms with E-state index in [0.29, 0.717) is 0 Å². The Labute approximate surface area is 106 Å². The van der Waals surface area contributed by atoms with Crippen LogP contribution in [0.25, 0.3) is 0 Å². The zero-order valence-corrected chi connectivity index (χ0v) is 11.5. The van der Waals surface area contributed by atoms with E-state index in [9.17, 15) is 0 Å². The zero-order valence-electron chi connectivity index (χ0n) is 10.3. The van der Waals surface area contributed by atoms with Crippen molar-refractivity contribution in [2.45, 2.75) is 6.54 Å². The van der Waals surface area contributed by atoms with Gasteiger partial charge in [-0.3, -0.25) is 9.80 Å². The molecule has 1 fully saturated rings. The lowest BCUT2D eigenvalue weighted by molar-refractivity contribution is 0.130. The minimum atomic E-state index is 0.773. The SMILES string of the molecule is NCCN1CCN(Cc2ccc(P)cc2)CC1. The third kappa shape index (κ3) is 4.04. The van der Waals surface area contributed by atoms with Gasteiger partial charge in [0.1, 0.15) is 0 Å². The van der Waals surface area contributed by atoms with E-state index in [2.05, 4.69) is 43.3 Å². The van der Waals surface area contributed by atoms with Crippen LogP contribution in [0.5, 0.6) is 0 Å². The lowest BCUT2D eigenvalue weighted by Crippen LogP contribution is -2.47. The lowest BCUT2D eigenvalue weighted by atomic mass is 10.2. The molecule has 1 atom stereocenters. The summed E-state index contributed by atoms with van der Waals surface area (Å²) in [4.78, 5) is 4.97. The molecule has 17 heavy (non-hydrogen) atoms. The van der Waals surface area contributed by atoms with Gasteiger partial charge in [-0.15, -0.1) is 9.24 Å². The predicted molar refractivity (Wildman–Crippen MR) is 76.6 cm³/mol. The van der Waals surface area contributed by atoms with Gasteiger partial charge in [0.05, 0.1) is 0 Å². The summed E-state index contributed by atoms with van der Waals surface area (Å²) in [6.45, 7) is 7.50. The number of nitrogens with two attached hydrogens (primary N) is 1. The summed E-state index contributed by atoms with van der Waals surface area (Å²) >= 11 is 0. The van der Waals surface area contributed by atoms with Gasteiger partial charge in [0, 0.05) is 45.8 Å². The van der Waals surface area contributed by atoms with Crippen molar-refractivity contribution < 1.29 is 0 Å². The largest absolute Gasteiger partial charge is 0.329 e. The van der Waals surface area contributed by atoms with E-state index in [-0.39, 0.29) is 0 Å². The smallest absolute Gasteiger partial charge is 0.0234 e. The van der Waals surface area contributed by atoms with E-state index in [1.165, 1.54) is 10.9 Å². The summed E-state index contributed by atoms with van der Waals surface area (Å²) in [5.41, 5.74) is 6.98. The minimum Gasteiger partial charge on any atom is -0.329 e. The molecule has 2 N–H and O–H groups in total. The molecule has 0 bridgehead atoms. The fourth-order valence-electron chi connectivity index (χ4n) is 2.23. The minimum absolute atomic E-state index is 0.773. The van der Waals surface area contributed by atoms with Crippen molar-refractivity contribution in [2.24, 2.45) is 5.73 Å². The molecular formula is C13H22N3P. The Morgan fingerprint density at radius 2 is 1.59 bits per heavy atom. The van der Waals surface area contributed by atoms with Crippen LogP contribution in [0.4, 0.5) is 0 Å². The first-order chi connectivity index (χ1) is 8.28. The van der Waals surface area contributed by atoms with Crippen molar-refractivity contribution >= 4 is 14.5 Å². The molecule has 2 rings (SSSR count). The topological polar surface area (TPSA) is 32.5 Å². The Balaban J connectivity index is 1.79. The normalized spacial score (nSPS) is 18.5. The Bertz CT molecular complexity index is 331. The first-order valence-corrected chi connectivity index (χ1v) is 6.85. The summed E-state index contributed by atoms with van der Waals surface area (Å²) in [7, 11) is 2.73. The van der Waals surface area contributed by atoms with Gasteiger partial charge >= 0.3 is 0 Å². The average Bonchev–Trinajstić information content (AvgIpc) is 2.35. The van der Waals surface area contributed by atoms with E-state index in [1.54, 1.807) is 0 Å². The van der Waals surface area contributed by atoms with E-state index >= 15 is 0 Å². The fraction of sp³-hybridized carbons (Fsp3) is 0.538. The molecule has 0 aliphatic carbocycles. The molecule has 1 aliphatic rings. The molecule has 4 heteroatoms. The van der Waals surface area contributed by atoms with Crippen LogP contribution in [0.1, 0.15) is 5.56 Å². The lowest BCUT2D eigenvalue weighted by Gasteiger charge is -2.34. The molecule has 0 aromatic heterocycles. The maximum atomic E-state index is 5.57. The summed E-state index contributed by atoms with van der Waals surface area (Å²) in [6, 6.07) is 8.75. The Kier molecular flexibility index (Phi) is 4.93. The maximum Gasteiger partial charge on any atom is 0.0234 e. The summed E-state index contributed by atoms with van der Waals surface area (Å²) in [5, 5.41) is 1.25. The van der Waals surface area contributed by atoms with Crippen LogP contribution in [0.15, 0.2) is 24.3 Å². The van der Waals surface area contributed by atoms with Crippen LogP contribution < -0.4 is 11.0 Å². The first-order valence-electron chi connectivity index (χ1n) is 6.27. The second-order valence-corrected chi connectivity index (χ2v) is 5.31. The van der Waals surface area contributed by atoms with Crippen molar-refractivity contribution in [1.82, 2.24) is 9.80 Å². The van der Waals surface area contributed by atoms with E-state index in [4.69, 9.17) is 5.73 Å². The number of hydrogen-bond acceptors (Lipinski definition) is 3. The zero-order chi connectivity index (χ0) is 12.1. The Hall–Kier alpha value is -0.470. The van der Waals surface area contributed by atoms with Gasteiger partial charge in [0.15, 0.2) is 0 Å². The molecule has 1 aliphatic heterocycles. The second kappa shape index (κ2) is 6.46. The maximum absolute atomic E-state index is 5.57. The fourth-order valence-corrected chi connectivity index (χ4v) is 2.43. The van der Waals surface area contributed by atoms with Crippen LogP contribution in [0.3, 0.4) is 0 Å². The Morgan fingerprint density at radius 1 is 1.00 bits per heavy atom. The molecule has 1 aromatic carbocycles. The van der Waals surface area contributed by atoms with Crippen LogP contribution in [0, 0.1) is 0 Å². The molecule has 1 heterocycles. The molecule has 1 unspecified atom stereocenters. The summed E-state index contributed by atoms with van der Waals surface area (Å²) in [5.74, 6) is 0. The molecule has 0 spiro atoms. The molecule has 94 valence electrons. The van der Waals surface area contributed by atoms with Gasteiger partial charge in [-0.05, 0) is 10.9 Å². The number of piperazine rings is 1. The van der Waals surface area contributed by atoms with Crippen molar-refractivity contribution in [1.29, 1.82) is 0 Å². The summed E-state index contributed by atoms with van der Waals surface area (Å²) < 4.78 is 0. The molecule has 0 saturated carbocycles. The Morgan fingerprint density at radius 3 is 2.18 bits per heavy atom. The van der Waals surface area contributed by atoms with Crippen LogP contribution in [-0.4, -0.2) is 49.1 Å². The molecule has 0 amide bonds. The predicted octanol–water partition coefficient (Wildman–Crippen LogP) is 0.263. The average molecular weight is 251 g/mol. The van der Waals surface area contributed by atoms with Gasteiger partial charge < -0.3 is 5.73 Å². The third-order valence-electron chi connectivity index (χ3n) is 3.30. The van der Waals surface area contributed by atoms with E-state index < -0.39 is 0 Å².